The molecule has 2 heterocycles. The second-order valence-corrected chi connectivity index (χ2v) is 9.36. The first-order valence-electron chi connectivity index (χ1n) is 11.7. The van der Waals surface area contributed by atoms with Gasteiger partial charge in [0, 0.05) is 23.5 Å². The maximum atomic E-state index is 14.0. The average Bonchev–Trinajstić information content (AvgIpc) is 3.04. The molecule has 0 amide bonds. The number of hydrogen-bond acceptors (Lipinski definition) is 6. The summed E-state index contributed by atoms with van der Waals surface area (Å²) in [5, 5.41) is 15.2. The lowest BCUT2D eigenvalue weighted by atomic mass is 9.75. The SMILES string of the molecule is C=C(CCC)C1(C)C(=C)Nc2nc(C(=N)/C=C(/CC(C)C)NCc3ccccc3F)nc(N)c21. The summed E-state index contributed by atoms with van der Waals surface area (Å²) in [5.41, 5.74) is 9.86. The number of rotatable bonds is 10. The van der Waals surface area contributed by atoms with Gasteiger partial charge in [-0.3, -0.25) is 5.41 Å². The van der Waals surface area contributed by atoms with Crippen molar-refractivity contribution < 1.29 is 4.39 Å². The highest BCUT2D eigenvalue weighted by Gasteiger charge is 2.43. The van der Waals surface area contributed by atoms with E-state index in [1.54, 1.807) is 24.3 Å². The van der Waals surface area contributed by atoms with Gasteiger partial charge >= 0.3 is 0 Å². The standard InChI is InChI=1S/C27H35FN6/c1-7-10-17(4)27(6)18(5)32-26-23(27)24(30)33-25(34-26)22(29)14-20(13-16(2)3)31-15-19-11-8-9-12-21(19)28/h8-9,11-12,14,16,29,31H,4-5,7,10,13,15H2,1-3,6H3,(H3,30,32,33,34)/b20-14-,29-22?. The number of nitrogen functional groups attached to an aromatic ring is 1. The number of fused-ring (bicyclic) bond motifs is 1. The van der Waals surface area contributed by atoms with Crippen molar-refractivity contribution in [1.29, 1.82) is 5.41 Å². The van der Waals surface area contributed by atoms with Crippen molar-refractivity contribution in [2.45, 2.75) is 58.9 Å². The van der Waals surface area contributed by atoms with Gasteiger partial charge in [0.2, 0.25) is 0 Å². The molecule has 0 spiro atoms. The highest BCUT2D eigenvalue weighted by Crippen LogP contribution is 2.49. The molecule has 7 heteroatoms. The summed E-state index contributed by atoms with van der Waals surface area (Å²) in [7, 11) is 0. The third-order valence-electron chi connectivity index (χ3n) is 6.22. The summed E-state index contributed by atoms with van der Waals surface area (Å²) in [6, 6.07) is 6.65. The van der Waals surface area contributed by atoms with Crippen LogP contribution in [0.25, 0.3) is 0 Å². The molecule has 0 saturated carbocycles. The fraction of sp³-hybridized carbons (Fsp3) is 0.370. The topological polar surface area (TPSA) is 99.7 Å². The maximum Gasteiger partial charge on any atom is 0.181 e. The first kappa shape index (κ1) is 25.1. The molecule has 1 aromatic carbocycles. The molecule has 6 nitrogen and oxygen atoms in total. The zero-order chi connectivity index (χ0) is 25.0. The van der Waals surface area contributed by atoms with Crippen molar-refractivity contribution in [3.63, 3.8) is 0 Å². The van der Waals surface area contributed by atoms with E-state index >= 15 is 0 Å². The lowest BCUT2D eigenvalue weighted by Gasteiger charge is -2.28. The molecule has 1 aliphatic rings. The zero-order valence-electron chi connectivity index (χ0n) is 20.6. The summed E-state index contributed by atoms with van der Waals surface area (Å²) in [6.07, 6.45) is 4.19. The Morgan fingerprint density at radius 2 is 2.03 bits per heavy atom. The molecule has 1 atom stereocenters. The molecule has 0 radical (unpaired) electrons. The minimum atomic E-state index is -0.559. The molecular formula is C27H35FN6. The first-order chi connectivity index (χ1) is 16.1. The van der Waals surface area contributed by atoms with Crippen molar-refractivity contribution >= 4 is 17.3 Å². The van der Waals surface area contributed by atoms with Crippen LogP contribution in [-0.4, -0.2) is 15.7 Å². The van der Waals surface area contributed by atoms with Gasteiger partial charge in [0.15, 0.2) is 5.82 Å². The Kier molecular flexibility index (Phi) is 7.54. The second-order valence-electron chi connectivity index (χ2n) is 9.36. The quantitative estimate of drug-likeness (QED) is 0.263. The second kappa shape index (κ2) is 10.2. The molecule has 0 saturated heterocycles. The van der Waals surface area contributed by atoms with Crippen LogP contribution < -0.4 is 16.4 Å². The Morgan fingerprint density at radius 1 is 1.32 bits per heavy atom. The van der Waals surface area contributed by atoms with E-state index in [0.29, 0.717) is 36.1 Å². The molecule has 3 rings (SSSR count). The number of halogens is 1. The van der Waals surface area contributed by atoms with E-state index in [2.05, 4.69) is 54.5 Å². The van der Waals surface area contributed by atoms with Crippen LogP contribution in [0.5, 0.6) is 0 Å². The number of nitrogens with one attached hydrogen (secondary N) is 3. The van der Waals surface area contributed by atoms with Crippen molar-refractivity contribution in [3.8, 4) is 0 Å². The first-order valence-corrected chi connectivity index (χ1v) is 11.7. The Hall–Kier alpha value is -3.48. The molecule has 1 unspecified atom stereocenters. The van der Waals surface area contributed by atoms with E-state index < -0.39 is 5.41 Å². The highest BCUT2D eigenvalue weighted by atomic mass is 19.1. The van der Waals surface area contributed by atoms with Crippen LogP contribution in [0.1, 0.15) is 63.9 Å². The highest BCUT2D eigenvalue weighted by molar-refractivity contribution is 6.04. The Morgan fingerprint density at radius 3 is 2.68 bits per heavy atom. The number of nitrogens with two attached hydrogens (primary N) is 1. The molecule has 0 bridgehead atoms. The molecule has 0 aliphatic carbocycles. The molecule has 0 fully saturated rings. The average molecular weight is 463 g/mol. The molecular weight excluding hydrogens is 427 g/mol. The number of benzene rings is 1. The summed E-state index contributed by atoms with van der Waals surface area (Å²) in [6.45, 7) is 17.1. The largest absolute Gasteiger partial charge is 0.384 e. The number of aromatic nitrogens is 2. The summed E-state index contributed by atoms with van der Waals surface area (Å²) in [5.74, 6) is 1.18. The van der Waals surface area contributed by atoms with Crippen molar-refractivity contribution in [3.05, 3.63) is 83.2 Å². The lowest BCUT2D eigenvalue weighted by Crippen LogP contribution is -2.25. The van der Waals surface area contributed by atoms with Crippen molar-refractivity contribution in [1.82, 2.24) is 15.3 Å². The van der Waals surface area contributed by atoms with E-state index in [4.69, 9.17) is 11.1 Å². The van der Waals surface area contributed by atoms with Crippen LogP contribution in [0, 0.1) is 17.1 Å². The molecule has 1 aliphatic heterocycles. The van der Waals surface area contributed by atoms with Gasteiger partial charge in [0.1, 0.15) is 23.2 Å². The fourth-order valence-corrected chi connectivity index (χ4v) is 4.25. The van der Waals surface area contributed by atoms with E-state index in [1.807, 2.05) is 6.92 Å². The fourth-order valence-electron chi connectivity index (χ4n) is 4.25. The van der Waals surface area contributed by atoms with Gasteiger partial charge in [-0.25, -0.2) is 14.4 Å². The minimum absolute atomic E-state index is 0.125. The third-order valence-corrected chi connectivity index (χ3v) is 6.22. The smallest absolute Gasteiger partial charge is 0.181 e. The van der Waals surface area contributed by atoms with Crippen LogP contribution in [0.3, 0.4) is 0 Å². The summed E-state index contributed by atoms with van der Waals surface area (Å²) < 4.78 is 14.0. The van der Waals surface area contributed by atoms with Gasteiger partial charge in [-0.05, 0) is 37.8 Å². The van der Waals surface area contributed by atoms with Crippen molar-refractivity contribution in [2.75, 3.05) is 11.1 Å². The van der Waals surface area contributed by atoms with E-state index in [0.717, 1.165) is 35.4 Å². The Balaban J connectivity index is 1.90. The van der Waals surface area contributed by atoms with Crippen LogP contribution in [0.4, 0.5) is 16.0 Å². The molecule has 34 heavy (non-hydrogen) atoms. The van der Waals surface area contributed by atoms with Gasteiger partial charge in [0.25, 0.3) is 0 Å². The molecule has 5 N–H and O–H groups in total. The van der Waals surface area contributed by atoms with E-state index in [9.17, 15) is 4.39 Å². The maximum absolute atomic E-state index is 14.0. The Bertz CT molecular complexity index is 1150. The summed E-state index contributed by atoms with van der Waals surface area (Å²) in [4.78, 5) is 9.08. The van der Waals surface area contributed by atoms with Crippen LogP contribution in [-0.2, 0) is 12.0 Å². The van der Waals surface area contributed by atoms with E-state index in [-0.39, 0.29) is 17.4 Å². The zero-order valence-corrected chi connectivity index (χ0v) is 20.6. The number of anilines is 2. The molecule has 2 aromatic rings. The minimum Gasteiger partial charge on any atom is -0.384 e. The van der Waals surface area contributed by atoms with Gasteiger partial charge < -0.3 is 16.4 Å². The van der Waals surface area contributed by atoms with Crippen LogP contribution in [0.15, 0.2) is 60.5 Å². The summed E-state index contributed by atoms with van der Waals surface area (Å²) >= 11 is 0. The van der Waals surface area contributed by atoms with Gasteiger partial charge in [-0.1, -0.05) is 64.1 Å². The normalized spacial score (nSPS) is 17.5. The van der Waals surface area contributed by atoms with Crippen LogP contribution in [0.2, 0.25) is 0 Å². The number of nitrogens with zero attached hydrogens (tertiary/aromatic N) is 2. The lowest BCUT2D eigenvalue weighted by molar-refractivity contribution is 0.578. The molecule has 180 valence electrons. The Labute approximate surface area is 201 Å². The predicted octanol–water partition coefficient (Wildman–Crippen LogP) is 5.84. The van der Waals surface area contributed by atoms with Gasteiger partial charge in [-0.2, -0.15) is 0 Å². The van der Waals surface area contributed by atoms with E-state index in [1.165, 1.54) is 6.07 Å². The van der Waals surface area contributed by atoms with Crippen LogP contribution >= 0.6 is 0 Å². The predicted molar refractivity (Wildman–Crippen MR) is 138 cm³/mol. The number of allylic oxidation sites excluding steroid dienone is 3. The van der Waals surface area contributed by atoms with Crippen molar-refractivity contribution in [2.24, 2.45) is 5.92 Å². The van der Waals surface area contributed by atoms with Gasteiger partial charge in [0.05, 0.1) is 11.0 Å². The monoisotopic (exact) mass is 462 g/mol. The van der Waals surface area contributed by atoms with Gasteiger partial charge in [-0.15, -0.1) is 0 Å². The molecule has 1 aromatic heterocycles. The third kappa shape index (κ3) is 5.03. The number of hydrogen-bond donors (Lipinski definition) is 4.